The van der Waals surface area contributed by atoms with Crippen LogP contribution in [-0.2, 0) is 4.74 Å². The maximum atomic E-state index is 13.9. The van der Waals surface area contributed by atoms with E-state index in [1.54, 1.807) is 12.3 Å². The van der Waals surface area contributed by atoms with Crippen LogP contribution in [-0.4, -0.2) is 64.2 Å². The fraction of sp³-hybridized carbons (Fsp3) is 0.667. The van der Waals surface area contributed by atoms with Gasteiger partial charge < -0.3 is 20.7 Å². The summed E-state index contributed by atoms with van der Waals surface area (Å²) in [4.78, 5) is 17.7. The van der Waals surface area contributed by atoms with Crippen LogP contribution in [0.3, 0.4) is 0 Å². The van der Waals surface area contributed by atoms with Crippen LogP contribution < -0.4 is 11.1 Å². The summed E-state index contributed by atoms with van der Waals surface area (Å²) >= 11 is 0. The molecular formula is C21H30F4N6O2. The number of ether oxygens (including phenoxy) is 1. The van der Waals surface area contributed by atoms with Crippen molar-refractivity contribution >= 4 is 11.7 Å². The van der Waals surface area contributed by atoms with Gasteiger partial charge in [-0.15, -0.1) is 0 Å². The number of hydrogen-bond donors (Lipinski definition) is 2. The molecule has 2 atom stereocenters. The van der Waals surface area contributed by atoms with Gasteiger partial charge in [-0.05, 0) is 25.8 Å². The zero-order valence-corrected chi connectivity index (χ0v) is 19.1. The number of imidazole rings is 1. The zero-order chi connectivity index (χ0) is 24.6. The fourth-order valence-electron chi connectivity index (χ4n) is 3.61. The van der Waals surface area contributed by atoms with E-state index in [0.717, 1.165) is 11.8 Å². The quantitative estimate of drug-likeness (QED) is 0.542. The number of carbonyl (C=O) groups excluding carboxylic acids is 1. The average Bonchev–Trinajstić information content (AvgIpc) is 3.15. The molecule has 2 aromatic heterocycles. The number of alkyl halides is 4. The molecule has 3 rings (SSSR count). The molecule has 2 amide bonds. The van der Waals surface area contributed by atoms with Gasteiger partial charge in [-0.2, -0.15) is 5.10 Å². The Morgan fingerprint density at radius 2 is 2.03 bits per heavy atom. The molecule has 1 fully saturated rings. The third kappa shape index (κ3) is 5.55. The minimum atomic E-state index is -3.08. The molecule has 184 valence electrons. The predicted molar refractivity (Wildman–Crippen MR) is 113 cm³/mol. The van der Waals surface area contributed by atoms with Crippen LogP contribution in [0.25, 0.3) is 5.65 Å². The van der Waals surface area contributed by atoms with Gasteiger partial charge in [0.1, 0.15) is 0 Å². The highest BCUT2D eigenvalue weighted by atomic mass is 19.3. The topological polar surface area (TPSA) is 97.8 Å². The molecule has 0 spiro atoms. The summed E-state index contributed by atoms with van der Waals surface area (Å²) in [6.07, 6.45) is 3.54. The zero-order valence-electron chi connectivity index (χ0n) is 19.1. The molecule has 0 radical (unpaired) electrons. The SMILES string of the molecule is COCC(c1cnn2cc(C(N)CCC(C)(C)C(C)(F)F)nc2c1)N1CC(F)(F)CNC1=O. The van der Waals surface area contributed by atoms with E-state index in [1.807, 2.05) is 0 Å². The highest BCUT2D eigenvalue weighted by molar-refractivity contribution is 5.76. The molecule has 0 aromatic carbocycles. The average molecular weight is 475 g/mol. The Bertz CT molecular complexity index is 991. The number of carbonyl (C=O) groups is 1. The number of nitrogens with one attached hydrogen (secondary N) is 1. The minimum absolute atomic E-state index is 0.0191. The maximum absolute atomic E-state index is 13.9. The van der Waals surface area contributed by atoms with Crippen molar-refractivity contribution in [2.45, 2.75) is 57.5 Å². The lowest BCUT2D eigenvalue weighted by atomic mass is 9.80. The molecule has 1 aliphatic heterocycles. The molecule has 12 heteroatoms. The Kier molecular flexibility index (Phi) is 6.90. The summed E-state index contributed by atoms with van der Waals surface area (Å²) in [6.45, 7) is 2.39. The van der Waals surface area contributed by atoms with Gasteiger partial charge >= 0.3 is 6.03 Å². The standard InChI is InChI=1S/C21H30F4N6O2/c1-19(2,20(3,22)23)6-5-14(26)15-9-31-17(29-15)7-13(8-28-31)16(10-33-4)30-12-21(24,25)11-27-18(30)32/h7-9,14,16H,5-6,10-12,26H2,1-4H3,(H,27,32). The van der Waals surface area contributed by atoms with Gasteiger partial charge in [0.15, 0.2) is 5.65 Å². The van der Waals surface area contributed by atoms with Crippen molar-refractivity contribution in [1.29, 1.82) is 0 Å². The Balaban J connectivity index is 1.82. The number of rotatable bonds is 9. The van der Waals surface area contributed by atoms with Gasteiger partial charge in [-0.3, -0.25) is 0 Å². The number of halogens is 4. The number of nitrogens with zero attached hydrogens (tertiary/aromatic N) is 4. The molecule has 0 bridgehead atoms. The second-order valence-electron chi connectivity index (χ2n) is 9.29. The van der Waals surface area contributed by atoms with E-state index in [2.05, 4.69) is 15.4 Å². The summed E-state index contributed by atoms with van der Waals surface area (Å²) in [7, 11) is 1.41. The van der Waals surface area contributed by atoms with E-state index >= 15 is 0 Å². The highest BCUT2D eigenvalue weighted by Crippen LogP contribution is 2.40. The molecule has 2 aromatic rings. The summed E-state index contributed by atoms with van der Waals surface area (Å²) in [5, 5.41) is 6.46. The van der Waals surface area contributed by atoms with Crippen LogP contribution in [0.2, 0.25) is 0 Å². The van der Waals surface area contributed by atoms with E-state index in [9.17, 15) is 22.4 Å². The van der Waals surface area contributed by atoms with E-state index in [-0.39, 0.29) is 13.0 Å². The highest BCUT2D eigenvalue weighted by Gasteiger charge is 2.43. The van der Waals surface area contributed by atoms with Crippen LogP contribution in [0, 0.1) is 5.41 Å². The van der Waals surface area contributed by atoms with Gasteiger partial charge in [-0.25, -0.2) is 31.9 Å². The molecule has 1 saturated heterocycles. The summed E-state index contributed by atoms with van der Waals surface area (Å²) in [5.74, 6) is -5.93. The van der Waals surface area contributed by atoms with Crippen LogP contribution in [0.15, 0.2) is 18.5 Å². The van der Waals surface area contributed by atoms with Crippen molar-refractivity contribution in [2.75, 3.05) is 26.8 Å². The number of fused-ring (bicyclic) bond motifs is 1. The van der Waals surface area contributed by atoms with Gasteiger partial charge in [0.2, 0.25) is 5.92 Å². The Morgan fingerprint density at radius 3 is 2.67 bits per heavy atom. The van der Waals surface area contributed by atoms with Gasteiger partial charge in [0.25, 0.3) is 5.92 Å². The third-order valence-corrected chi connectivity index (χ3v) is 6.25. The normalized spacial score (nSPS) is 18.9. The first-order valence-electron chi connectivity index (χ1n) is 10.6. The first-order chi connectivity index (χ1) is 15.2. The summed E-state index contributed by atoms with van der Waals surface area (Å²) < 4.78 is 62.0. The Morgan fingerprint density at radius 1 is 1.33 bits per heavy atom. The van der Waals surface area contributed by atoms with Crippen LogP contribution >= 0.6 is 0 Å². The van der Waals surface area contributed by atoms with E-state index < -0.39 is 48.5 Å². The van der Waals surface area contributed by atoms with Crippen molar-refractivity contribution in [3.05, 3.63) is 29.7 Å². The minimum Gasteiger partial charge on any atom is -0.382 e. The second-order valence-corrected chi connectivity index (χ2v) is 9.29. The molecular weight excluding hydrogens is 444 g/mol. The number of methoxy groups -OCH3 is 1. The number of amides is 2. The largest absolute Gasteiger partial charge is 0.382 e. The fourth-order valence-corrected chi connectivity index (χ4v) is 3.61. The lowest BCUT2D eigenvalue weighted by Crippen LogP contribution is -2.58. The summed E-state index contributed by atoms with van der Waals surface area (Å²) in [6, 6.07) is -0.390. The number of urea groups is 1. The van der Waals surface area contributed by atoms with Crippen molar-refractivity contribution < 1.29 is 27.1 Å². The molecule has 0 saturated carbocycles. The van der Waals surface area contributed by atoms with Crippen LogP contribution in [0.1, 0.15) is 57.0 Å². The number of aromatic nitrogens is 3. The molecule has 1 aliphatic rings. The second kappa shape index (κ2) is 9.05. The molecule has 33 heavy (non-hydrogen) atoms. The molecule has 3 heterocycles. The lowest BCUT2D eigenvalue weighted by Gasteiger charge is -2.38. The lowest BCUT2D eigenvalue weighted by molar-refractivity contribution is -0.0934. The number of hydrogen-bond acceptors (Lipinski definition) is 5. The Hall–Kier alpha value is -2.47. The molecule has 0 aliphatic carbocycles. The van der Waals surface area contributed by atoms with Crippen molar-refractivity contribution in [3.63, 3.8) is 0 Å². The first-order valence-corrected chi connectivity index (χ1v) is 10.6. The third-order valence-electron chi connectivity index (χ3n) is 6.25. The number of nitrogens with two attached hydrogens (primary N) is 1. The van der Waals surface area contributed by atoms with E-state index in [4.69, 9.17) is 10.5 Å². The molecule has 8 nitrogen and oxygen atoms in total. The summed E-state index contributed by atoms with van der Waals surface area (Å²) in [5.41, 5.74) is 6.32. The van der Waals surface area contributed by atoms with E-state index in [0.29, 0.717) is 23.3 Å². The van der Waals surface area contributed by atoms with Gasteiger partial charge in [0, 0.05) is 24.1 Å². The maximum Gasteiger partial charge on any atom is 0.318 e. The molecule has 2 unspecified atom stereocenters. The smallest absolute Gasteiger partial charge is 0.318 e. The van der Waals surface area contributed by atoms with Crippen molar-refractivity contribution in [1.82, 2.24) is 24.8 Å². The molecule has 3 N–H and O–H groups in total. The first kappa shape index (κ1) is 25.2. The Labute approximate surface area is 189 Å². The van der Waals surface area contributed by atoms with Gasteiger partial charge in [-0.1, -0.05) is 13.8 Å². The monoisotopic (exact) mass is 474 g/mol. The van der Waals surface area contributed by atoms with E-state index in [1.165, 1.54) is 31.7 Å². The van der Waals surface area contributed by atoms with Crippen molar-refractivity contribution in [3.8, 4) is 0 Å². The van der Waals surface area contributed by atoms with Gasteiger partial charge in [0.05, 0.1) is 43.8 Å². The van der Waals surface area contributed by atoms with Crippen LogP contribution in [0.5, 0.6) is 0 Å². The van der Waals surface area contributed by atoms with Crippen molar-refractivity contribution in [2.24, 2.45) is 11.1 Å². The van der Waals surface area contributed by atoms with Crippen LogP contribution in [0.4, 0.5) is 22.4 Å². The predicted octanol–water partition coefficient (Wildman–Crippen LogP) is 3.54.